The fraction of sp³-hybridized carbons (Fsp3) is 0.500. The summed E-state index contributed by atoms with van der Waals surface area (Å²) in [5.74, 6) is 0. The van der Waals surface area contributed by atoms with Gasteiger partial charge in [0.1, 0.15) is 29.9 Å². The van der Waals surface area contributed by atoms with Crippen LogP contribution < -0.4 is 40.8 Å². The average Bonchev–Trinajstić information content (AvgIpc) is 2.67. The van der Waals surface area contributed by atoms with E-state index in [2.05, 4.69) is 0 Å². The Hall–Kier alpha value is -0.990. The van der Waals surface area contributed by atoms with Gasteiger partial charge in [-0.15, -0.1) is 0 Å². The topological polar surface area (TPSA) is 149 Å². The summed E-state index contributed by atoms with van der Waals surface area (Å²) in [5, 5.41) is 37.0. The van der Waals surface area contributed by atoms with Gasteiger partial charge >= 0.3 is 35.2 Å². The number of ether oxygens (including phenoxy) is 1. The van der Waals surface area contributed by atoms with E-state index in [-0.39, 0.29) is 35.1 Å². The number of rotatable bonds is 2. The normalized spacial score (nSPS) is 28.7. The Balaban J connectivity index is 0.00000200. The first-order valence-electron chi connectivity index (χ1n) is 5.37. The summed E-state index contributed by atoms with van der Waals surface area (Å²) in [6, 6.07) is 1.59. The van der Waals surface area contributed by atoms with Crippen molar-refractivity contribution in [2.45, 2.75) is 24.5 Å². The maximum atomic E-state index is 11.6. The van der Waals surface area contributed by atoms with Gasteiger partial charge in [0.25, 0.3) is 5.56 Å². The van der Waals surface area contributed by atoms with Crippen LogP contribution in [0.4, 0.5) is 0 Å². The first kappa shape index (κ1) is 17.1. The third kappa shape index (κ3) is 2.87. The fourth-order valence-corrected chi connectivity index (χ4v) is 1.86. The van der Waals surface area contributed by atoms with Crippen LogP contribution in [0.1, 0.15) is 11.8 Å². The molecule has 1 aromatic heterocycles. The molecule has 2 rings (SSSR count). The van der Waals surface area contributed by atoms with Crippen LogP contribution in [-0.4, -0.2) is 49.8 Å². The van der Waals surface area contributed by atoms with Crippen LogP contribution in [-0.2, 0) is 4.74 Å². The van der Waals surface area contributed by atoms with E-state index in [0.717, 1.165) is 10.8 Å². The van der Waals surface area contributed by atoms with Crippen molar-refractivity contribution < 1.29 is 49.6 Å². The number of nitriles is 1. The van der Waals surface area contributed by atoms with Gasteiger partial charge in [0.2, 0.25) is 0 Å². The quantitative estimate of drug-likeness (QED) is 0.396. The average molecular weight is 292 g/mol. The molecule has 4 N–H and O–H groups in total. The molecule has 0 bridgehead atoms. The maximum Gasteiger partial charge on any atom is 1.00 e. The number of aliphatic hydroxyl groups is 3. The van der Waals surface area contributed by atoms with Crippen molar-refractivity contribution in [2.24, 2.45) is 0 Å². The summed E-state index contributed by atoms with van der Waals surface area (Å²) >= 11 is 0. The summed E-state index contributed by atoms with van der Waals surface area (Å²) in [5.41, 5.74) is -2.08. The molecule has 1 aliphatic heterocycles. The van der Waals surface area contributed by atoms with Gasteiger partial charge in [-0.25, -0.2) is 4.79 Å². The van der Waals surface area contributed by atoms with E-state index in [0.29, 0.717) is 0 Å². The number of hydrogen-bond acceptors (Lipinski definition) is 7. The SMILES string of the molecule is N#Cc1cn(C2OC(CO)C(O)C2O)c(=O)[nH]c1=O.[Na+]. The molecule has 0 amide bonds. The van der Waals surface area contributed by atoms with E-state index < -0.39 is 42.4 Å². The van der Waals surface area contributed by atoms with Gasteiger partial charge in [0.15, 0.2) is 6.23 Å². The molecule has 102 valence electrons. The molecular formula is C10H11N3NaO6+. The van der Waals surface area contributed by atoms with Crippen LogP contribution in [0.2, 0.25) is 0 Å². The molecule has 4 atom stereocenters. The Morgan fingerprint density at radius 3 is 2.55 bits per heavy atom. The summed E-state index contributed by atoms with van der Waals surface area (Å²) < 4.78 is 5.92. The van der Waals surface area contributed by atoms with E-state index in [1.54, 1.807) is 6.07 Å². The van der Waals surface area contributed by atoms with Gasteiger partial charge in [0, 0.05) is 6.20 Å². The Labute approximate surface area is 134 Å². The maximum absolute atomic E-state index is 11.6. The van der Waals surface area contributed by atoms with Crippen LogP contribution in [0.3, 0.4) is 0 Å². The minimum Gasteiger partial charge on any atom is -0.394 e. The molecule has 4 unspecified atom stereocenters. The second kappa shape index (κ2) is 6.64. The van der Waals surface area contributed by atoms with Crippen molar-refractivity contribution >= 4 is 0 Å². The first-order valence-corrected chi connectivity index (χ1v) is 5.37. The van der Waals surface area contributed by atoms with Crippen LogP contribution in [0.25, 0.3) is 0 Å². The van der Waals surface area contributed by atoms with Crippen molar-refractivity contribution in [1.29, 1.82) is 5.26 Å². The van der Waals surface area contributed by atoms with E-state index in [4.69, 9.17) is 15.1 Å². The molecule has 0 aromatic carbocycles. The Morgan fingerprint density at radius 2 is 2.05 bits per heavy atom. The van der Waals surface area contributed by atoms with Crippen molar-refractivity contribution in [3.05, 3.63) is 32.6 Å². The summed E-state index contributed by atoms with van der Waals surface area (Å²) in [6.45, 7) is -0.544. The molecular weight excluding hydrogens is 281 g/mol. The van der Waals surface area contributed by atoms with E-state index in [9.17, 15) is 19.8 Å². The molecule has 20 heavy (non-hydrogen) atoms. The second-order valence-corrected chi connectivity index (χ2v) is 4.05. The third-order valence-electron chi connectivity index (χ3n) is 2.88. The van der Waals surface area contributed by atoms with Crippen LogP contribution >= 0.6 is 0 Å². The number of H-pyrrole nitrogens is 1. The predicted octanol–water partition coefficient (Wildman–Crippen LogP) is -5.98. The molecule has 2 heterocycles. The molecule has 1 aliphatic rings. The largest absolute Gasteiger partial charge is 1.00 e. The molecule has 0 radical (unpaired) electrons. The minimum absolute atomic E-state index is 0. The summed E-state index contributed by atoms with van der Waals surface area (Å²) in [4.78, 5) is 24.7. The van der Waals surface area contributed by atoms with E-state index in [1.807, 2.05) is 4.98 Å². The molecule has 1 saturated heterocycles. The van der Waals surface area contributed by atoms with Gasteiger partial charge in [-0.05, 0) is 0 Å². The number of aliphatic hydroxyl groups excluding tert-OH is 3. The van der Waals surface area contributed by atoms with E-state index in [1.165, 1.54) is 0 Å². The fourth-order valence-electron chi connectivity index (χ4n) is 1.86. The third-order valence-corrected chi connectivity index (χ3v) is 2.88. The standard InChI is InChI=1S/C10H11N3O6.Na/c11-1-4-2-13(10(18)12-8(4)17)9-7(16)6(15)5(3-14)19-9;/h2,5-7,9,14-16H,3H2,(H,12,17,18);/q;+1. The molecule has 0 saturated carbocycles. The number of nitrogens with one attached hydrogen (secondary N) is 1. The zero-order chi connectivity index (χ0) is 14.2. The van der Waals surface area contributed by atoms with Crippen LogP contribution in [0.15, 0.2) is 15.8 Å². The van der Waals surface area contributed by atoms with Crippen LogP contribution in [0.5, 0.6) is 0 Å². The van der Waals surface area contributed by atoms with Crippen LogP contribution in [0, 0.1) is 11.3 Å². The van der Waals surface area contributed by atoms with Gasteiger partial charge in [-0.1, -0.05) is 0 Å². The monoisotopic (exact) mass is 292 g/mol. The zero-order valence-electron chi connectivity index (χ0n) is 10.6. The molecule has 10 heteroatoms. The van der Waals surface area contributed by atoms with Crippen molar-refractivity contribution in [3.8, 4) is 6.07 Å². The van der Waals surface area contributed by atoms with Gasteiger partial charge in [-0.2, -0.15) is 5.26 Å². The molecule has 0 aliphatic carbocycles. The Bertz CT molecular complexity index is 635. The van der Waals surface area contributed by atoms with Gasteiger partial charge in [0.05, 0.1) is 6.61 Å². The molecule has 1 aromatic rings. The van der Waals surface area contributed by atoms with Gasteiger partial charge < -0.3 is 20.1 Å². The summed E-state index contributed by atoms with van der Waals surface area (Å²) in [6.07, 6.45) is -4.25. The van der Waals surface area contributed by atoms with Crippen molar-refractivity contribution in [2.75, 3.05) is 6.61 Å². The van der Waals surface area contributed by atoms with Crippen molar-refractivity contribution in [3.63, 3.8) is 0 Å². The molecule has 9 nitrogen and oxygen atoms in total. The summed E-state index contributed by atoms with van der Waals surface area (Å²) in [7, 11) is 0. The number of aromatic nitrogens is 2. The van der Waals surface area contributed by atoms with Gasteiger partial charge in [-0.3, -0.25) is 14.3 Å². The number of aromatic amines is 1. The first-order chi connectivity index (χ1) is 8.99. The zero-order valence-corrected chi connectivity index (χ0v) is 12.6. The van der Waals surface area contributed by atoms with Crippen molar-refractivity contribution in [1.82, 2.24) is 9.55 Å². The Kier molecular flexibility index (Phi) is 5.67. The number of nitrogens with zero attached hydrogens (tertiary/aromatic N) is 2. The molecule has 0 spiro atoms. The minimum atomic E-state index is -1.47. The smallest absolute Gasteiger partial charge is 0.394 e. The number of hydrogen-bond donors (Lipinski definition) is 4. The predicted molar refractivity (Wildman–Crippen MR) is 59.0 cm³/mol. The van der Waals surface area contributed by atoms with E-state index >= 15 is 0 Å². The second-order valence-electron chi connectivity index (χ2n) is 4.05. The molecule has 1 fully saturated rings. The Morgan fingerprint density at radius 1 is 1.40 bits per heavy atom.